The molecule has 1 aliphatic heterocycles. The standard InChI is InChI=1S/C17H32N4/c1-5-21-17(10-15(4)19-21)13-20-9-7-6-8-16(20)12-18-11-14(2)3/h10,14,16,18H,5-9,11-13H2,1-4H3. The molecule has 1 saturated heterocycles. The van der Waals surface area contributed by atoms with Crippen molar-refractivity contribution in [2.24, 2.45) is 5.92 Å². The maximum atomic E-state index is 4.58. The third-order valence-electron chi connectivity index (χ3n) is 4.33. The zero-order valence-electron chi connectivity index (χ0n) is 14.2. The van der Waals surface area contributed by atoms with Gasteiger partial charge < -0.3 is 5.32 Å². The maximum absolute atomic E-state index is 4.58. The van der Waals surface area contributed by atoms with Gasteiger partial charge in [0, 0.05) is 25.7 Å². The van der Waals surface area contributed by atoms with Gasteiger partial charge in [0.15, 0.2) is 0 Å². The van der Waals surface area contributed by atoms with Gasteiger partial charge in [-0.2, -0.15) is 5.10 Å². The van der Waals surface area contributed by atoms with Crippen LogP contribution in [0.2, 0.25) is 0 Å². The lowest BCUT2D eigenvalue weighted by atomic mass is 10.0. The van der Waals surface area contributed by atoms with E-state index in [1.165, 1.54) is 31.5 Å². The Labute approximate surface area is 129 Å². The highest BCUT2D eigenvalue weighted by molar-refractivity contribution is 5.09. The smallest absolute Gasteiger partial charge is 0.0597 e. The Morgan fingerprint density at radius 3 is 2.90 bits per heavy atom. The van der Waals surface area contributed by atoms with Crippen molar-refractivity contribution < 1.29 is 0 Å². The highest BCUT2D eigenvalue weighted by atomic mass is 15.3. The van der Waals surface area contributed by atoms with Gasteiger partial charge in [0.25, 0.3) is 0 Å². The topological polar surface area (TPSA) is 33.1 Å². The number of hydrogen-bond donors (Lipinski definition) is 1. The first-order valence-electron chi connectivity index (χ1n) is 8.58. The van der Waals surface area contributed by atoms with Crippen LogP contribution in [-0.4, -0.2) is 40.4 Å². The second kappa shape index (κ2) is 7.95. The van der Waals surface area contributed by atoms with E-state index in [1.807, 2.05) is 0 Å². The molecule has 1 aromatic heterocycles. The minimum atomic E-state index is 0.679. The van der Waals surface area contributed by atoms with E-state index >= 15 is 0 Å². The van der Waals surface area contributed by atoms with Crippen molar-refractivity contribution in [2.75, 3.05) is 19.6 Å². The normalized spacial score (nSPS) is 20.3. The van der Waals surface area contributed by atoms with Crippen LogP contribution in [0.25, 0.3) is 0 Å². The van der Waals surface area contributed by atoms with Gasteiger partial charge in [-0.05, 0) is 51.8 Å². The molecule has 1 atom stereocenters. The molecule has 21 heavy (non-hydrogen) atoms. The van der Waals surface area contributed by atoms with E-state index in [9.17, 15) is 0 Å². The Bertz CT molecular complexity index is 424. The Kier molecular flexibility index (Phi) is 6.24. The zero-order chi connectivity index (χ0) is 15.2. The summed E-state index contributed by atoms with van der Waals surface area (Å²) >= 11 is 0. The molecule has 0 bridgehead atoms. The van der Waals surface area contributed by atoms with Crippen LogP contribution in [0.3, 0.4) is 0 Å². The largest absolute Gasteiger partial charge is 0.315 e. The molecule has 0 radical (unpaired) electrons. The minimum Gasteiger partial charge on any atom is -0.315 e. The van der Waals surface area contributed by atoms with E-state index in [2.05, 4.69) is 53.8 Å². The number of nitrogens with one attached hydrogen (secondary N) is 1. The molecule has 2 rings (SSSR count). The molecule has 1 unspecified atom stereocenters. The van der Waals surface area contributed by atoms with Crippen molar-refractivity contribution in [1.29, 1.82) is 0 Å². The van der Waals surface area contributed by atoms with Crippen LogP contribution >= 0.6 is 0 Å². The minimum absolute atomic E-state index is 0.679. The zero-order valence-corrected chi connectivity index (χ0v) is 14.2. The molecule has 1 fully saturated rings. The summed E-state index contributed by atoms with van der Waals surface area (Å²) in [6.45, 7) is 14.3. The van der Waals surface area contributed by atoms with Gasteiger partial charge in [-0.25, -0.2) is 0 Å². The molecule has 0 aliphatic carbocycles. The van der Waals surface area contributed by atoms with Crippen molar-refractivity contribution in [3.63, 3.8) is 0 Å². The van der Waals surface area contributed by atoms with Crippen LogP contribution in [0.1, 0.15) is 51.4 Å². The third-order valence-corrected chi connectivity index (χ3v) is 4.33. The Morgan fingerprint density at radius 1 is 1.38 bits per heavy atom. The number of aromatic nitrogens is 2. The monoisotopic (exact) mass is 292 g/mol. The molecule has 0 amide bonds. The van der Waals surface area contributed by atoms with Gasteiger partial charge >= 0.3 is 0 Å². The maximum Gasteiger partial charge on any atom is 0.0597 e. The molecule has 0 saturated carbocycles. The number of likely N-dealkylation sites (tertiary alicyclic amines) is 1. The highest BCUT2D eigenvalue weighted by Gasteiger charge is 2.23. The molecule has 0 spiro atoms. The fourth-order valence-electron chi connectivity index (χ4n) is 3.25. The molecular weight excluding hydrogens is 260 g/mol. The molecule has 1 N–H and O–H groups in total. The predicted molar refractivity (Wildman–Crippen MR) is 88.4 cm³/mol. The summed E-state index contributed by atoms with van der Waals surface area (Å²) < 4.78 is 2.16. The fourth-order valence-corrected chi connectivity index (χ4v) is 3.25. The summed E-state index contributed by atoms with van der Waals surface area (Å²) in [5.74, 6) is 0.728. The van der Waals surface area contributed by atoms with Crippen LogP contribution in [0.4, 0.5) is 0 Å². The van der Waals surface area contributed by atoms with Crippen LogP contribution in [-0.2, 0) is 13.1 Å². The number of rotatable bonds is 7. The van der Waals surface area contributed by atoms with Crippen molar-refractivity contribution in [1.82, 2.24) is 20.0 Å². The van der Waals surface area contributed by atoms with Crippen LogP contribution in [0.15, 0.2) is 6.07 Å². The molecule has 120 valence electrons. The average molecular weight is 292 g/mol. The van der Waals surface area contributed by atoms with E-state index in [4.69, 9.17) is 0 Å². The summed E-state index contributed by atoms with van der Waals surface area (Å²) in [4.78, 5) is 2.65. The Hall–Kier alpha value is -0.870. The molecule has 4 nitrogen and oxygen atoms in total. The first-order chi connectivity index (χ1) is 10.1. The van der Waals surface area contributed by atoms with Crippen LogP contribution in [0.5, 0.6) is 0 Å². The van der Waals surface area contributed by atoms with Gasteiger partial charge in [0.2, 0.25) is 0 Å². The second-order valence-electron chi connectivity index (χ2n) is 6.76. The van der Waals surface area contributed by atoms with Gasteiger partial charge in [-0.3, -0.25) is 9.58 Å². The van der Waals surface area contributed by atoms with Crippen LogP contribution in [0, 0.1) is 12.8 Å². The summed E-state index contributed by atoms with van der Waals surface area (Å²) in [7, 11) is 0. The van der Waals surface area contributed by atoms with Crippen molar-refractivity contribution in [2.45, 2.75) is 66.1 Å². The lowest BCUT2D eigenvalue weighted by Crippen LogP contribution is -2.45. The predicted octanol–water partition coefficient (Wildman–Crippen LogP) is 2.81. The van der Waals surface area contributed by atoms with Crippen molar-refractivity contribution >= 4 is 0 Å². The first-order valence-corrected chi connectivity index (χ1v) is 8.58. The molecule has 2 heterocycles. The quantitative estimate of drug-likeness (QED) is 0.839. The number of aryl methyl sites for hydroxylation is 2. The number of nitrogens with zero attached hydrogens (tertiary/aromatic N) is 3. The van der Waals surface area contributed by atoms with E-state index < -0.39 is 0 Å². The summed E-state index contributed by atoms with van der Waals surface area (Å²) in [6.07, 6.45) is 4.03. The second-order valence-corrected chi connectivity index (χ2v) is 6.76. The summed E-state index contributed by atoms with van der Waals surface area (Å²) in [5, 5.41) is 8.22. The summed E-state index contributed by atoms with van der Waals surface area (Å²) in [5.41, 5.74) is 2.50. The highest BCUT2D eigenvalue weighted by Crippen LogP contribution is 2.19. The molecule has 4 heteroatoms. The van der Waals surface area contributed by atoms with E-state index in [0.717, 1.165) is 37.8 Å². The Balaban J connectivity index is 1.94. The van der Waals surface area contributed by atoms with Crippen molar-refractivity contribution in [3.8, 4) is 0 Å². The SMILES string of the molecule is CCn1nc(C)cc1CN1CCCCC1CNCC(C)C. The average Bonchev–Trinajstić information content (AvgIpc) is 2.80. The van der Waals surface area contributed by atoms with Crippen LogP contribution < -0.4 is 5.32 Å². The van der Waals surface area contributed by atoms with Gasteiger partial charge in [0.1, 0.15) is 0 Å². The lowest BCUT2D eigenvalue weighted by Gasteiger charge is -2.36. The van der Waals surface area contributed by atoms with E-state index in [1.54, 1.807) is 0 Å². The van der Waals surface area contributed by atoms with Gasteiger partial charge in [0.05, 0.1) is 11.4 Å². The summed E-state index contributed by atoms with van der Waals surface area (Å²) in [6, 6.07) is 2.93. The molecular formula is C17H32N4. The number of piperidine rings is 1. The third kappa shape index (κ3) is 4.82. The lowest BCUT2D eigenvalue weighted by molar-refractivity contribution is 0.133. The number of hydrogen-bond acceptors (Lipinski definition) is 3. The molecule has 1 aromatic rings. The van der Waals surface area contributed by atoms with Gasteiger partial charge in [-0.15, -0.1) is 0 Å². The van der Waals surface area contributed by atoms with E-state index in [-0.39, 0.29) is 0 Å². The Morgan fingerprint density at radius 2 is 2.19 bits per heavy atom. The first kappa shape index (κ1) is 16.5. The van der Waals surface area contributed by atoms with Gasteiger partial charge in [-0.1, -0.05) is 20.3 Å². The van der Waals surface area contributed by atoms with Crippen molar-refractivity contribution in [3.05, 3.63) is 17.5 Å². The molecule has 1 aliphatic rings. The molecule has 0 aromatic carbocycles. The van der Waals surface area contributed by atoms with E-state index in [0.29, 0.717) is 6.04 Å². The fraction of sp³-hybridized carbons (Fsp3) is 0.824.